The van der Waals surface area contributed by atoms with Crippen molar-refractivity contribution in [3.05, 3.63) is 95.6 Å². The Morgan fingerprint density at radius 1 is 0.964 bits per heavy atom. The van der Waals surface area contributed by atoms with Crippen LogP contribution in [0.5, 0.6) is 5.75 Å². The van der Waals surface area contributed by atoms with E-state index in [-0.39, 0.29) is 17.4 Å². The molecule has 0 unspecified atom stereocenters. The number of carbonyl (C=O) groups excluding carboxylic acids is 1. The monoisotopic (exact) mass is 390 g/mol. The molecule has 4 nitrogen and oxygen atoms in total. The van der Waals surface area contributed by atoms with Gasteiger partial charge in [-0.05, 0) is 48.0 Å². The van der Waals surface area contributed by atoms with Gasteiger partial charge in [-0.1, -0.05) is 60.7 Å². The molecule has 3 aromatic carbocycles. The lowest BCUT2D eigenvalue weighted by Crippen LogP contribution is -2.35. The van der Waals surface area contributed by atoms with Gasteiger partial charge in [0.2, 0.25) is 5.91 Å². The van der Waals surface area contributed by atoms with Crippen LogP contribution in [0.1, 0.15) is 16.7 Å². The first kappa shape index (κ1) is 19.6. The quantitative estimate of drug-likeness (QED) is 0.603. The van der Waals surface area contributed by atoms with Crippen molar-refractivity contribution in [2.45, 2.75) is 20.0 Å². The van der Waals surface area contributed by atoms with Gasteiger partial charge in [0.05, 0.1) is 6.42 Å². The average Bonchev–Trinajstić information content (AvgIpc) is 2.69. The molecule has 28 heavy (non-hydrogen) atoms. The summed E-state index contributed by atoms with van der Waals surface area (Å²) in [7, 11) is 0. The predicted octanol–water partition coefficient (Wildman–Crippen LogP) is 4.63. The van der Waals surface area contributed by atoms with Crippen molar-refractivity contribution < 1.29 is 9.53 Å². The number of rotatable bonds is 6. The number of ether oxygens (including phenoxy) is 1. The zero-order valence-electron chi connectivity index (χ0n) is 15.6. The topological polar surface area (TPSA) is 50.4 Å². The number of nitrogens with one attached hydrogen (secondary N) is 2. The standard InChI is InChI=1S/C23H22N2O2S/c1-17-8-5-6-11-19(17)14-22(26)25-23(28)24-20-12-7-13-21(15-20)27-16-18-9-3-2-4-10-18/h2-13,15H,14,16H2,1H3,(H2,24,25,26,28). The largest absolute Gasteiger partial charge is 0.489 e. The molecular formula is C23H22N2O2S. The van der Waals surface area contributed by atoms with Crippen molar-refractivity contribution in [1.29, 1.82) is 0 Å². The molecule has 3 aromatic rings. The number of carbonyl (C=O) groups is 1. The zero-order valence-corrected chi connectivity index (χ0v) is 16.5. The molecule has 1 amide bonds. The van der Waals surface area contributed by atoms with E-state index in [1.165, 1.54) is 0 Å². The third-order valence-corrected chi connectivity index (χ3v) is 4.41. The number of thiocarbonyl (C=S) groups is 1. The summed E-state index contributed by atoms with van der Waals surface area (Å²) in [4.78, 5) is 12.2. The number of anilines is 1. The highest BCUT2D eigenvalue weighted by atomic mass is 32.1. The van der Waals surface area contributed by atoms with E-state index in [0.29, 0.717) is 6.61 Å². The molecule has 0 fully saturated rings. The maximum atomic E-state index is 12.2. The smallest absolute Gasteiger partial charge is 0.230 e. The minimum Gasteiger partial charge on any atom is -0.489 e. The Hall–Kier alpha value is -3.18. The number of hydrogen-bond donors (Lipinski definition) is 2. The Bertz CT molecular complexity index is 958. The van der Waals surface area contributed by atoms with Crippen molar-refractivity contribution in [2.24, 2.45) is 0 Å². The summed E-state index contributed by atoms with van der Waals surface area (Å²) in [6.07, 6.45) is 0.286. The second-order valence-corrected chi connectivity index (χ2v) is 6.82. The summed E-state index contributed by atoms with van der Waals surface area (Å²) >= 11 is 5.26. The molecule has 0 bridgehead atoms. The third kappa shape index (κ3) is 5.93. The summed E-state index contributed by atoms with van der Waals surface area (Å²) in [5, 5.41) is 6.02. The summed E-state index contributed by atoms with van der Waals surface area (Å²) in [5.41, 5.74) is 3.92. The average molecular weight is 391 g/mol. The van der Waals surface area contributed by atoms with Gasteiger partial charge in [-0.15, -0.1) is 0 Å². The molecule has 142 valence electrons. The van der Waals surface area contributed by atoms with E-state index in [1.807, 2.05) is 85.8 Å². The molecule has 0 aliphatic carbocycles. The van der Waals surface area contributed by atoms with Gasteiger partial charge in [0, 0.05) is 11.8 Å². The molecular weight excluding hydrogens is 368 g/mol. The van der Waals surface area contributed by atoms with Crippen LogP contribution in [0.4, 0.5) is 5.69 Å². The van der Waals surface area contributed by atoms with E-state index < -0.39 is 0 Å². The van der Waals surface area contributed by atoms with Gasteiger partial charge in [-0.2, -0.15) is 0 Å². The van der Waals surface area contributed by atoms with Gasteiger partial charge in [0.1, 0.15) is 12.4 Å². The van der Waals surface area contributed by atoms with Gasteiger partial charge in [-0.3, -0.25) is 4.79 Å². The molecule has 0 saturated carbocycles. The molecule has 0 radical (unpaired) electrons. The molecule has 0 atom stereocenters. The Kier molecular flexibility index (Phi) is 6.76. The number of hydrogen-bond acceptors (Lipinski definition) is 3. The van der Waals surface area contributed by atoms with E-state index >= 15 is 0 Å². The van der Waals surface area contributed by atoms with Crippen LogP contribution in [-0.4, -0.2) is 11.0 Å². The lowest BCUT2D eigenvalue weighted by molar-refractivity contribution is -0.119. The fraction of sp³-hybridized carbons (Fsp3) is 0.130. The third-order valence-electron chi connectivity index (χ3n) is 4.21. The SMILES string of the molecule is Cc1ccccc1CC(=O)NC(=S)Nc1cccc(OCc2ccccc2)c1. The summed E-state index contributed by atoms with van der Waals surface area (Å²) in [6.45, 7) is 2.47. The van der Waals surface area contributed by atoms with Crippen molar-refractivity contribution in [3.63, 3.8) is 0 Å². The maximum absolute atomic E-state index is 12.2. The highest BCUT2D eigenvalue weighted by Crippen LogP contribution is 2.18. The first-order valence-corrected chi connectivity index (χ1v) is 9.43. The van der Waals surface area contributed by atoms with Crippen LogP contribution >= 0.6 is 12.2 Å². The molecule has 0 aliphatic heterocycles. The first-order valence-electron chi connectivity index (χ1n) is 9.02. The minimum absolute atomic E-state index is 0.150. The van der Waals surface area contributed by atoms with E-state index in [4.69, 9.17) is 17.0 Å². The van der Waals surface area contributed by atoms with Crippen LogP contribution in [-0.2, 0) is 17.8 Å². The van der Waals surface area contributed by atoms with Gasteiger partial charge < -0.3 is 15.4 Å². The van der Waals surface area contributed by atoms with Crippen LogP contribution in [0.25, 0.3) is 0 Å². The van der Waals surface area contributed by atoms with E-state index in [2.05, 4.69) is 10.6 Å². The Labute approximate surface area is 170 Å². The molecule has 0 aromatic heterocycles. The van der Waals surface area contributed by atoms with Crippen LogP contribution < -0.4 is 15.4 Å². The lowest BCUT2D eigenvalue weighted by Gasteiger charge is -2.12. The van der Waals surface area contributed by atoms with Crippen LogP contribution in [0, 0.1) is 6.92 Å². The second-order valence-electron chi connectivity index (χ2n) is 6.41. The molecule has 0 saturated heterocycles. The van der Waals surface area contributed by atoms with E-state index in [1.54, 1.807) is 0 Å². The molecule has 3 rings (SSSR count). The van der Waals surface area contributed by atoms with Crippen molar-refractivity contribution >= 4 is 28.9 Å². The normalized spacial score (nSPS) is 10.2. The fourth-order valence-electron chi connectivity index (χ4n) is 2.72. The zero-order chi connectivity index (χ0) is 19.8. The van der Waals surface area contributed by atoms with Crippen molar-refractivity contribution in [3.8, 4) is 5.75 Å². The highest BCUT2D eigenvalue weighted by Gasteiger charge is 2.08. The minimum atomic E-state index is -0.150. The lowest BCUT2D eigenvalue weighted by atomic mass is 10.1. The summed E-state index contributed by atoms with van der Waals surface area (Å²) in [5.74, 6) is 0.575. The Morgan fingerprint density at radius 3 is 2.50 bits per heavy atom. The Balaban J connectivity index is 1.52. The van der Waals surface area contributed by atoms with E-state index in [0.717, 1.165) is 28.1 Å². The summed E-state index contributed by atoms with van der Waals surface area (Å²) in [6, 6.07) is 25.3. The molecule has 5 heteroatoms. The van der Waals surface area contributed by atoms with Crippen molar-refractivity contribution in [2.75, 3.05) is 5.32 Å². The predicted molar refractivity (Wildman–Crippen MR) is 116 cm³/mol. The molecule has 0 heterocycles. The summed E-state index contributed by atoms with van der Waals surface area (Å²) < 4.78 is 5.82. The second kappa shape index (κ2) is 9.67. The number of amides is 1. The van der Waals surface area contributed by atoms with Crippen LogP contribution in [0.3, 0.4) is 0 Å². The fourth-order valence-corrected chi connectivity index (χ4v) is 2.95. The maximum Gasteiger partial charge on any atom is 0.230 e. The van der Waals surface area contributed by atoms with Crippen LogP contribution in [0.2, 0.25) is 0 Å². The Morgan fingerprint density at radius 2 is 1.71 bits per heavy atom. The van der Waals surface area contributed by atoms with Gasteiger partial charge >= 0.3 is 0 Å². The highest BCUT2D eigenvalue weighted by molar-refractivity contribution is 7.80. The molecule has 2 N–H and O–H groups in total. The number of benzene rings is 3. The van der Waals surface area contributed by atoms with Gasteiger partial charge in [-0.25, -0.2) is 0 Å². The number of aryl methyl sites for hydroxylation is 1. The molecule has 0 aliphatic rings. The first-order chi connectivity index (χ1) is 13.6. The molecule has 0 spiro atoms. The van der Waals surface area contributed by atoms with Crippen LogP contribution in [0.15, 0.2) is 78.9 Å². The van der Waals surface area contributed by atoms with Gasteiger partial charge in [0.25, 0.3) is 0 Å². The van der Waals surface area contributed by atoms with Gasteiger partial charge in [0.15, 0.2) is 5.11 Å². The van der Waals surface area contributed by atoms with E-state index in [9.17, 15) is 4.79 Å². The van der Waals surface area contributed by atoms with Crippen molar-refractivity contribution in [1.82, 2.24) is 5.32 Å².